The molecule has 0 aliphatic heterocycles. The van der Waals surface area contributed by atoms with Crippen LogP contribution in [0, 0.1) is 5.92 Å². The maximum absolute atomic E-state index is 13.0. The number of nitrogens with zero attached hydrogens (tertiary/aromatic N) is 1. The summed E-state index contributed by atoms with van der Waals surface area (Å²) in [6, 6.07) is 19.6. The van der Waals surface area contributed by atoms with E-state index in [0.717, 1.165) is 30.5 Å². The van der Waals surface area contributed by atoms with Gasteiger partial charge in [0.1, 0.15) is 6.04 Å². The summed E-state index contributed by atoms with van der Waals surface area (Å²) in [6.07, 6.45) is 8.78. The minimum Gasteiger partial charge on any atom is -0.351 e. The second-order valence-corrected chi connectivity index (χ2v) is 7.21. The van der Waals surface area contributed by atoms with Crippen LogP contribution in [-0.2, 0) is 28.9 Å². The van der Waals surface area contributed by atoms with Crippen molar-refractivity contribution in [2.75, 3.05) is 0 Å². The minimum atomic E-state index is -0.696. The number of benzene rings is 2. The first-order valence-electron chi connectivity index (χ1n) is 9.98. The van der Waals surface area contributed by atoms with Crippen LogP contribution in [0.1, 0.15) is 29.7 Å². The molecule has 0 aliphatic rings. The van der Waals surface area contributed by atoms with Crippen LogP contribution in [0.5, 0.6) is 0 Å². The van der Waals surface area contributed by atoms with E-state index in [2.05, 4.69) is 27.4 Å². The van der Waals surface area contributed by atoms with Gasteiger partial charge in [0, 0.05) is 18.5 Å². The lowest BCUT2D eigenvalue weighted by Crippen LogP contribution is -2.41. The SMILES string of the molecule is O=[C]C(Cc1c[nH]cn1)NC(=O)C(CCCc1ccccc1)Cc1ccccc1. The molecular weight excluding hydrogens is 362 g/mol. The first-order valence-corrected chi connectivity index (χ1v) is 9.98. The molecule has 5 heteroatoms. The van der Waals surface area contributed by atoms with Crippen molar-refractivity contribution in [2.45, 2.75) is 38.1 Å². The van der Waals surface area contributed by atoms with Gasteiger partial charge in [-0.1, -0.05) is 60.7 Å². The standard InChI is InChI=1S/C24H26N3O2/c28-17-23(15-22-16-25-18-26-22)27-24(29)21(14-20-10-5-2-6-11-20)13-7-12-19-8-3-1-4-9-19/h1-6,8-11,16,18,21,23H,7,12-15H2,(H,25,26)(H,27,29). The van der Waals surface area contributed by atoms with Crippen LogP contribution in [0.15, 0.2) is 73.2 Å². The Bertz CT molecular complexity index is 864. The van der Waals surface area contributed by atoms with Crippen molar-refractivity contribution in [3.8, 4) is 0 Å². The molecule has 2 atom stereocenters. The van der Waals surface area contributed by atoms with Gasteiger partial charge in [0.2, 0.25) is 12.2 Å². The van der Waals surface area contributed by atoms with Crippen molar-refractivity contribution in [1.82, 2.24) is 15.3 Å². The van der Waals surface area contributed by atoms with Gasteiger partial charge < -0.3 is 10.3 Å². The number of aromatic amines is 1. The smallest absolute Gasteiger partial charge is 0.224 e. The van der Waals surface area contributed by atoms with Crippen LogP contribution in [0.25, 0.3) is 0 Å². The Labute approximate surface area is 171 Å². The lowest BCUT2D eigenvalue weighted by Gasteiger charge is -2.19. The second kappa shape index (κ2) is 11.0. The first-order chi connectivity index (χ1) is 14.2. The Morgan fingerprint density at radius 3 is 2.31 bits per heavy atom. The molecule has 1 amide bonds. The van der Waals surface area contributed by atoms with Crippen LogP contribution in [0.2, 0.25) is 0 Å². The van der Waals surface area contributed by atoms with Gasteiger partial charge in [-0.3, -0.25) is 9.59 Å². The normalized spacial score (nSPS) is 12.8. The van der Waals surface area contributed by atoms with Crippen LogP contribution in [0.3, 0.4) is 0 Å². The molecule has 5 nitrogen and oxygen atoms in total. The van der Waals surface area contributed by atoms with E-state index in [9.17, 15) is 9.59 Å². The maximum Gasteiger partial charge on any atom is 0.224 e. The molecule has 0 aliphatic carbocycles. The molecule has 0 fully saturated rings. The average Bonchev–Trinajstić information content (AvgIpc) is 3.27. The van der Waals surface area contributed by atoms with Gasteiger partial charge in [0.05, 0.1) is 12.0 Å². The van der Waals surface area contributed by atoms with E-state index in [-0.39, 0.29) is 11.8 Å². The van der Waals surface area contributed by atoms with Gasteiger partial charge in [0.15, 0.2) is 0 Å². The zero-order valence-electron chi connectivity index (χ0n) is 16.4. The summed E-state index contributed by atoms with van der Waals surface area (Å²) in [4.78, 5) is 31.3. The summed E-state index contributed by atoms with van der Waals surface area (Å²) in [6.45, 7) is 0. The number of hydrogen-bond donors (Lipinski definition) is 2. The van der Waals surface area contributed by atoms with Gasteiger partial charge in [-0.25, -0.2) is 4.98 Å². The van der Waals surface area contributed by atoms with E-state index in [1.165, 1.54) is 5.56 Å². The molecule has 1 heterocycles. The largest absolute Gasteiger partial charge is 0.351 e. The van der Waals surface area contributed by atoms with E-state index in [1.807, 2.05) is 54.8 Å². The average molecular weight is 388 g/mol. The van der Waals surface area contributed by atoms with Gasteiger partial charge >= 0.3 is 0 Å². The summed E-state index contributed by atoms with van der Waals surface area (Å²) in [5.74, 6) is -0.304. The number of H-pyrrole nitrogens is 1. The fourth-order valence-electron chi connectivity index (χ4n) is 3.45. The number of hydrogen-bond acceptors (Lipinski definition) is 3. The number of carbonyl (C=O) groups is 1. The van der Waals surface area contributed by atoms with E-state index in [0.29, 0.717) is 12.8 Å². The predicted molar refractivity (Wildman–Crippen MR) is 113 cm³/mol. The number of nitrogens with one attached hydrogen (secondary N) is 2. The Hall–Kier alpha value is -3.21. The molecule has 3 aromatic rings. The number of imidazole rings is 1. The molecule has 0 bridgehead atoms. The molecule has 0 saturated carbocycles. The van der Waals surface area contributed by atoms with Gasteiger partial charge in [-0.2, -0.15) is 0 Å². The Morgan fingerprint density at radius 1 is 1.00 bits per heavy atom. The zero-order valence-corrected chi connectivity index (χ0v) is 16.4. The third-order valence-corrected chi connectivity index (χ3v) is 4.98. The third-order valence-electron chi connectivity index (χ3n) is 4.98. The topological polar surface area (TPSA) is 74.8 Å². The van der Waals surface area contributed by atoms with Crippen LogP contribution in [-0.4, -0.2) is 28.2 Å². The Balaban J connectivity index is 1.62. The van der Waals surface area contributed by atoms with Gasteiger partial charge in [-0.05, 0) is 36.8 Å². The first kappa shape index (κ1) is 20.5. The monoisotopic (exact) mass is 388 g/mol. The summed E-state index contributed by atoms with van der Waals surface area (Å²) in [5, 5.41) is 2.86. The van der Waals surface area contributed by atoms with Crippen molar-refractivity contribution in [3.05, 3.63) is 90.0 Å². The lowest BCUT2D eigenvalue weighted by atomic mass is 9.92. The minimum absolute atomic E-state index is 0.106. The quantitative estimate of drug-likeness (QED) is 0.528. The highest BCUT2D eigenvalue weighted by atomic mass is 16.2. The number of aromatic nitrogens is 2. The van der Waals surface area contributed by atoms with Crippen LogP contribution >= 0.6 is 0 Å². The van der Waals surface area contributed by atoms with E-state index in [4.69, 9.17) is 0 Å². The summed E-state index contributed by atoms with van der Waals surface area (Å²) < 4.78 is 0. The van der Waals surface area contributed by atoms with Crippen molar-refractivity contribution >= 4 is 12.2 Å². The van der Waals surface area contributed by atoms with E-state index in [1.54, 1.807) is 12.5 Å². The second-order valence-electron chi connectivity index (χ2n) is 7.21. The van der Waals surface area contributed by atoms with Crippen molar-refractivity contribution < 1.29 is 9.59 Å². The van der Waals surface area contributed by atoms with Gasteiger partial charge in [-0.15, -0.1) is 0 Å². The number of carbonyl (C=O) groups excluding carboxylic acids is 2. The van der Waals surface area contributed by atoms with E-state index < -0.39 is 6.04 Å². The molecule has 0 spiro atoms. The highest BCUT2D eigenvalue weighted by molar-refractivity contribution is 5.82. The number of rotatable bonds is 11. The van der Waals surface area contributed by atoms with Crippen molar-refractivity contribution in [3.63, 3.8) is 0 Å². The number of aryl methyl sites for hydroxylation is 1. The molecule has 0 saturated heterocycles. The molecule has 3 rings (SSSR count). The lowest BCUT2D eigenvalue weighted by molar-refractivity contribution is -0.125. The maximum atomic E-state index is 13.0. The third kappa shape index (κ3) is 6.71. The van der Waals surface area contributed by atoms with Crippen LogP contribution < -0.4 is 5.32 Å². The van der Waals surface area contributed by atoms with Crippen molar-refractivity contribution in [1.29, 1.82) is 0 Å². The molecule has 1 radical (unpaired) electrons. The van der Waals surface area contributed by atoms with E-state index >= 15 is 0 Å². The summed E-state index contributed by atoms with van der Waals surface area (Å²) in [7, 11) is 0. The van der Waals surface area contributed by atoms with Crippen LogP contribution in [0.4, 0.5) is 0 Å². The summed E-state index contributed by atoms with van der Waals surface area (Å²) >= 11 is 0. The highest BCUT2D eigenvalue weighted by Crippen LogP contribution is 2.17. The molecule has 1 aromatic heterocycles. The molecular formula is C24H26N3O2. The fraction of sp³-hybridized carbons (Fsp3) is 0.292. The fourth-order valence-corrected chi connectivity index (χ4v) is 3.45. The summed E-state index contributed by atoms with van der Waals surface area (Å²) in [5.41, 5.74) is 3.11. The van der Waals surface area contributed by atoms with Gasteiger partial charge in [0.25, 0.3) is 0 Å². The Morgan fingerprint density at radius 2 is 1.69 bits per heavy atom. The molecule has 2 unspecified atom stereocenters. The van der Waals surface area contributed by atoms with Crippen molar-refractivity contribution in [2.24, 2.45) is 5.92 Å². The molecule has 2 aromatic carbocycles. The molecule has 149 valence electrons. The highest BCUT2D eigenvalue weighted by Gasteiger charge is 2.22. The predicted octanol–water partition coefficient (Wildman–Crippen LogP) is 3.43. The Kier molecular flexibility index (Phi) is 7.75. The molecule has 29 heavy (non-hydrogen) atoms. The zero-order chi connectivity index (χ0) is 20.3. The molecule has 2 N–H and O–H groups in total. The number of amides is 1.